The Morgan fingerprint density at radius 2 is 2.06 bits per heavy atom. The van der Waals surface area contributed by atoms with Gasteiger partial charge in [0.1, 0.15) is 17.8 Å². The van der Waals surface area contributed by atoms with Crippen LogP contribution in [0.4, 0.5) is 0 Å². The van der Waals surface area contributed by atoms with E-state index in [0.717, 1.165) is 12.8 Å². The molecule has 0 aliphatic rings. The van der Waals surface area contributed by atoms with E-state index < -0.39 is 0 Å². The van der Waals surface area contributed by atoms with Crippen LogP contribution in [-0.2, 0) is 0 Å². The zero-order valence-corrected chi connectivity index (χ0v) is 9.61. The average molecular weight is 222 g/mol. The quantitative estimate of drug-likeness (QED) is 0.569. The molecule has 0 spiro atoms. The summed E-state index contributed by atoms with van der Waals surface area (Å²) < 4.78 is 5.46. The van der Waals surface area contributed by atoms with E-state index in [2.05, 4.69) is 6.92 Å². The molecule has 3 heteroatoms. The summed E-state index contributed by atoms with van der Waals surface area (Å²) in [6.45, 7) is 2.79. The molecule has 0 saturated heterocycles. The van der Waals surface area contributed by atoms with E-state index in [4.69, 9.17) is 4.74 Å². The summed E-state index contributed by atoms with van der Waals surface area (Å²) in [5.74, 6) is 0.617. The normalized spacial score (nSPS) is 10.1. The second-order valence-electron chi connectivity index (χ2n) is 3.79. The van der Waals surface area contributed by atoms with Gasteiger partial charge in [-0.25, -0.2) is 0 Å². The smallest absolute Gasteiger partial charge is 0.150 e. The Hall–Kier alpha value is -1.51. The number of rotatable bonds is 7. The van der Waals surface area contributed by atoms with E-state index in [9.17, 15) is 9.90 Å². The zero-order chi connectivity index (χ0) is 11.8. The molecule has 0 saturated carbocycles. The zero-order valence-electron chi connectivity index (χ0n) is 9.61. The van der Waals surface area contributed by atoms with Gasteiger partial charge in [0.15, 0.2) is 0 Å². The lowest BCUT2D eigenvalue weighted by molar-refractivity contribution is 0.112. The van der Waals surface area contributed by atoms with Crippen LogP contribution >= 0.6 is 0 Å². The highest BCUT2D eigenvalue weighted by Crippen LogP contribution is 2.21. The molecule has 3 nitrogen and oxygen atoms in total. The van der Waals surface area contributed by atoms with Crippen molar-refractivity contribution < 1.29 is 14.6 Å². The van der Waals surface area contributed by atoms with Gasteiger partial charge in [-0.3, -0.25) is 4.79 Å². The average Bonchev–Trinajstić information content (AvgIpc) is 2.28. The molecule has 88 valence electrons. The molecule has 0 amide bonds. The third-order valence-corrected chi connectivity index (χ3v) is 2.32. The second kappa shape index (κ2) is 6.88. The van der Waals surface area contributed by atoms with Crippen LogP contribution in [0, 0.1) is 0 Å². The molecule has 0 aromatic heterocycles. The first-order valence-electron chi connectivity index (χ1n) is 5.68. The highest BCUT2D eigenvalue weighted by atomic mass is 16.5. The van der Waals surface area contributed by atoms with Crippen molar-refractivity contribution >= 4 is 6.29 Å². The number of unbranched alkanes of at least 4 members (excludes halogenated alkanes) is 3. The molecule has 0 unspecified atom stereocenters. The molecule has 1 aromatic carbocycles. The predicted octanol–water partition coefficient (Wildman–Crippen LogP) is 3.16. The van der Waals surface area contributed by atoms with E-state index in [0.29, 0.717) is 24.2 Å². The van der Waals surface area contributed by atoms with Gasteiger partial charge in [-0.1, -0.05) is 26.2 Å². The first-order valence-corrected chi connectivity index (χ1v) is 5.68. The third kappa shape index (κ3) is 4.34. The highest BCUT2D eigenvalue weighted by Gasteiger charge is 2.00. The van der Waals surface area contributed by atoms with Crippen molar-refractivity contribution in [1.82, 2.24) is 0 Å². The molecule has 0 fully saturated rings. The number of ether oxygens (including phenoxy) is 1. The first kappa shape index (κ1) is 12.6. The van der Waals surface area contributed by atoms with Crippen molar-refractivity contribution in [3.05, 3.63) is 23.8 Å². The summed E-state index contributed by atoms with van der Waals surface area (Å²) in [5.41, 5.74) is 0.434. The lowest BCUT2D eigenvalue weighted by Gasteiger charge is -2.06. The minimum absolute atomic E-state index is 0.0631. The minimum atomic E-state index is 0.0631. The van der Waals surface area contributed by atoms with Crippen molar-refractivity contribution in [2.24, 2.45) is 0 Å². The molecule has 1 aromatic rings. The van der Waals surface area contributed by atoms with Crippen molar-refractivity contribution in [1.29, 1.82) is 0 Å². The maximum Gasteiger partial charge on any atom is 0.150 e. The largest absolute Gasteiger partial charge is 0.508 e. The fourth-order valence-corrected chi connectivity index (χ4v) is 1.48. The molecular formula is C13H18O3. The van der Waals surface area contributed by atoms with Gasteiger partial charge in [0.25, 0.3) is 0 Å². The molecule has 0 aliphatic carbocycles. The molecule has 0 heterocycles. The summed E-state index contributed by atoms with van der Waals surface area (Å²) in [7, 11) is 0. The van der Waals surface area contributed by atoms with E-state index in [1.54, 1.807) is 6.07 Å². The SMILES string of the molecule is CCCCCCOc1cc(O)cc(C=O)c1. The van der Waals surface area contributed by atoms with Crippen LogP contribution in [-0.4, -0.2) is 18.0 Å². The number of phenols is 1. The number of phenolic OH excluding ortho intramolecular Hbond substituents is 1. The van der Waals surface area contributed by atoms with Crippen molar-refractivity contribution in [3.63, 3.8) is 0 Å². The number of aldehydes is 1. The van der Waals surface area contributed by atoms with Gasteiger partial charge < -0.3 is 9.84 Å². The number of benzene rings is 1. The molecular weight excluding hydrogens is 204 g/mol. The number of hydrogen-bond donors (Lipinski definition) is 1. The first-order chi connectivity index (χ1) is 7.76. The molecule has 1 rings (SSSR count). The Kier molecular flexibility index (Phi) is 5.40. The van der Waals surface area contributed by atoms with Gasteiger partial charge in [-0.2, -0.15) is 0 Å². The molecule has 16 heavy (non-hydrogen) atoms. The summed E-state index contributed by atoms with van der Waals surface area (Å²) >= 11 is 0. The lowest BCUT2D eigenvalue weighted by Crippen LogP contribution is -1.97. The Morgan fingerprint density at radius 3 is 2.75 bits per heavy atom. The van der Waals surface area contributed by atoms with Crippen LogP contribution in [0.2, 0.25) is 0 Å². The van der Waals surface area contributed by atoms with Crippen LogP contribution in [0.15, 0.2) is 18.2 Å². The maximum atomic E-state index is 10.6. The second-order valence-corrected chi connectivity index (χ2v) is 3.79. The summed E-state index contributed by atoms with van der Waals surface area (Å²) in [5, 5.41) is 9.33. The van der Waals surface area contributed by atoms with Crippen LogP contribution in [0.25, 0.3) is 0 Å². The van der Waals surface area contributed by atoms with E-state index in [-0.39, 0.29) is 5.75 Å². The molecule has 0 bridgehead atoms. The topological polar surface area (TPSA) is 46.5 Å². The Labute approximate surface area is 96.1 Å². The van der Waals surface area contributed by atoms with E-state index in [1.807, 2.05) is 0 Å². The fraction of sp³-hybridized carbons (Fsp3) is 0.462. The van der Waals surface area contributed by atoms with Gasteiger partial charge in [0, 0.05) is 11.6 Å². The number of aromatic hydroxyl groups is 1. The van der Waals surface area contributed by atoms with Crippen LogP contribution in [0.3, 0.4) is 0 Å². The van der Waals surface area contributed by atoms with Gasteiger partial charge in [0.05, 0.1) is 6.61 Å². The molecule has 0 radical (unpaired) electrons. The van der Waals surface area contributed by atoms with Crippen LogP contribution in [0.5, 0.6) is 11.5 Å². The Morgan fingerprint density at radius 1 is 1.25 bits per heavy atom. The Bertz CT molecular complexity index is 334. The highest BCUT2D eigenvalue weighted by molar-refractivity contribution is 5.76. The van der Waals surface area contributed by atoms with Crippen molar-refractivity contribution in [2.45, 2.75) is 32.6 Å². The van der Waals surface area contributed by atoms with Crippen LogP contribution in [0.1, 0.15) is 43.0 Å². The van der Waals surface area contributed by atoms with Gasteiger partial charge in [-0.15, -0.1) is 0 Å². The minimum Gasteiger partial charge on any atom is -0.508 e. The fourth-order valence-electron chi connectivity index (χ4n) is 1.48. The summed E-state index contributed by atoms with van der Waals surface area (Å²) in [4.78, 5) is 10.6. The van der Waals surface area contributed by atoms with E-state index >= 15 is 0 Å². The maximum absolute atomic E-state index is 10.6. The monoisotopic (exact) mass is 222 g/mol. The molecule has 1 N–H and O–H groups in total. The lowest BCUT2D eigenvalue weighted by atomic mass is 10.2. The third-order valence-electron chi connectivity index (χ3n) is 2.32. The van der Waals surface area contributed by atoms with Crippen LogP contribution < -0.4 is 4.74 Å². The number of carbonyl (C=O) groups is 1. The van der Waals surface area contributed by atoms with Crippen molar-refractivity contribution in [3.8, 4) is 11.5 Å². The van der Waals surface area contributed by atoms with Gasteiger partial charge >= 0.3 is 0 Å². The Balaban J connectivity index is 2.41. The predicted molar refractivity (Wildman–Crippen MR) is 63.1 cm³/mol. The van der Waals surface area contributed by atoms with E-state index in [1.165, 1.54) is 25.0 Å². The van der Waals surface area contributed by atoms with Gasteiger partial charge in [-0.05, 0) is 18.6 Å². The standard InChI is InChI=1S/C13H18O3/c1-2-3-4-5-6-16-13-8-11(10-14)7-12(15)9-13/h7-10,15H,2-6H2,1H3. The number of carbonyl (C=O) groups excluding carboxylic acids is 1. The number of hydrogen-bond acceptors (Lipinski definition) is 3. The van der Waals surface area contributed by atoms with Gasteiger partial charge in [0.2, 0.25) is 0 Å². The molecule has 0 atom stereocenters. The van der Waals surface area contributed by atoms with Crippen molar-refractivity contribution in [2.75, 3.05) is 6.61 Å². The molecule has 0 aliphatic heterocycles. The summed E-state index contributed by atoms with van der Waals surface area (Å²) in [6, 6.07) is 4.57. The summed E-state index contributed by atoms with van der Waals surface area (Å²) in [6.07, 6.45) is 5.25.